The number of hydrogen-bond acceptors (Lipinski definition) is 2. The number of halogens is 3. The Morgan fingerprint density at radius 3 is 2.24 bits per heavy atom. The zero-order valence-corrected chi connectivity index (χ0v) is 13.1. The van der Waals surface area contributed by atoms with Gasteiger partial charge in [-0.1, -0.05) is 48.5 Å². The molecule has 0 amide bonds. The topological polar surface area (TPSA) is 29.5 Å². The van der Waals surface area contributed by atoms with Gasteiger partial charge in [-0.05, 0) is 35.4 Å². The molecule has 0 saturated heterocycles. The van der Waals surface area contributed by atoms with E-state index in [1.807, 2.05) is 30.3 Å². The smallest absolute Gasteiger partial charge is 0.419 e. The van der Waals surface area contributed by atoms with Gasteiger partial charge in [-0.2, -0.15) is 13.2 Å². The minimum atomic E-state index is -4.49. The normalized spacial score (nSPS) is 11.3. The number of alkyl halides is 3. The fourth-order valence-corrected chi connectivity index (χ4v) is 2.58. The first-order chi connectivity index (χ1) is 11.9. The van der Waals surface area contributed by atoms with Crippen LogP contribution in [0, 0.1) is 0 Å². The van der Waals surface area contributed by atoms with Gasteiger partial charge in [0, 0.05) is 5.56 Å². The van der Waals surface area contributed by atoms with Crippen LogP contribution in [-0.2, 0) is 12.8 Å². The Balaban J connectivity index is 1.91. The number of hydrogen-bond donors (Lipinski definition) is 1. The molecule has 128 valence electrons. The predicted octanol–water partition coefficient (Wildman–Crippen LogP) is 5.66. The van der Waals surface area contributed by atoms with Crippen molar-refractivity contribution in [3.63, 3.8) is 0 Å². The molecule has 0 saturated carbocycles. The lowest BCUT2D eigenvalue weighted by molar-refractivity contribution is -0.139. The fourth-order valence-electron chi connectivity index (χ4n) is 2.58. The van der Waals surface area contributed by atoms with Gasteiger partial charge in [0.1, 0.15) is 18.1 Å². The Hall–Kier alpha value is -2.95. The van der Waals surface area contributed by atoms with E-state index in [0.717, 1.165) is 17.2 Å². The van der Waals surface area contributed by atoms with Gasteiger partial charge >= 0.3 is 6.18 Å². The van der Waals surface area contributed by atoms with Crippen molar-refractivity contribution in [1.82, 2.24) is 0 Å². The van der Waals surface area contributed by atoms with Crippen molar-refractivity contribution in [2.24, 2.45) is 0 Å². The molecule has 0 aliphatic carbocycles. The zero-order chi connectivity index (χ0) is 17.9. The standard InChI is InChI=1S/C20H15F3O2/c21-20(22,23)18-8-4-5-9-19(18)25-13-15-12-16(24)10-11-17(15)14-6-2-1-3-7-14/h1-12,24H,13H2. The zero-order valence-electron chi connectivity index (χ0n) is 13.1. The lowest BCUT2D eigenvalue weighted by Crippen LogP contribution is -2.08. The second kappa shape index (κ2) is 6.89. The van der Waals surface area contributed by atoms with Crippen molar-refractivity contribution in [3.05, 3.63) is 83.9 Å². The molecule has 0 aliphatic heterocycles. The largest absolute Gasteiger partial charge is 0.508 e. The summed E-state index contributed by atoms with van der Waals surface area (Å²) in [6.07, 6.45) is -4.49. The second-order valence-electron chi connectivity index (χ2n) is 5.49. The van der Waals surface area contributed by atoms with E-state index in [9.17, 15) is 18.3 Å². The summed E-state index contributed by atoms with van der Waals surface area (Å²) < 4.78 is 44.6. The molecule has 0 aromatic heterocycles. The molecule has 3 aromatic carbocycles. The average Bonchev–Trinajstić information content (AvgIpc) is 2.60. The summed E-state index contributed by atoms with van der Waals surface area (Å²) in [5.41, 5.74) is 1.47. The first-order valence-electron chi connectivity index (χ1n) is 7.61. The van der Waals surface area contributed by atoms with Crippen LogP contribution in [-0.4, -0.2) is 5.11 Å². The number of para-hydroxylation sites is 1. The van der Waals surface area contributed by atoms with E-state index in [1.54, 1.807) is 6.07 Å². The molecule has 25 heavy (non-hydrogen) atoms. The van der Waals surface area contributed by atoms with Gasteiger partial charge in [0.05, 0.1) is 5.56 Å². The number of rotatable bonds is 4. The van der Waals surface area contributed by atoms with Gasteiger partial charge in [0.15, 0.2) is 0 Å². The Kier molecular flexibility index (Phi) is 4.65. The molecule has 3 rings (SSSR count). The molecule has 0 bridgehead atoms. The van der Waals surface area contributed by atoms with Crippen LogP contribution in [0.5, 0.6) is 11.5 Å². The van der Waals surface area contributed by atoms with E-state index in [0.29, 0.717) is 5.56 Å². The number of aromatic hydroxyl groups is 1. The Labute approximate surface area is 143 Å². The summed E-state index contributed by atoms with van der Waals surface area (Å²) in [4.78, 5) is 0. The van der Waals surface area contributed by atoms with Crippen LogP contribution in [0.4, 0.5) is 13.2 Å². The number of phenolic OH excluding ortho intramolecular Hbond substituents is 1. The molecule has 0 spiro atoms. The molecule has 3 aromatic rings. The summed E-state index contributed by atoms with van der Waals surface area (Å²) in [6.45, 7) is -0.0915. The van der Waals surface area contributed by atoms with Crippen LogP contribution in [0.25, 0.3) is 11.1 Å². The number of ether oxygens (including phenoxy) is 1. The maximum absolute atomic E-state index is 13.1. The van der Waals surface area contributed by atoms with Gasteiger partial charge in [-0.25, -0.2) is 0 Å². The SMILES string of the molecule is Oc1ccc(-c2ccccc2)c(COc2ccccc2C(F)(F)F)c1. The van der Waals surface area contributed by atoms with Crippen LogP contribution in [0.3, 0.4) is 0 Å². The first-order valence-corrected chi connectivity index (χ1v) is 7.61. The summed E-state index contributed by atoms with van der Waals surface area (Å²) in [6, 6.07) is 19.2. The summed E-state index contributed by atoms with van der Waals surface area (Å²) >= 11 is 0. The predicted molar refractivity (Wildman–Crippen MR) is 89.3 cm³/mol. The van der Waals surface area contributed by atoms with Crippen molar-refractivity contribution >= 4 is 0 Å². The molecular formula is C20H15F3O2. The summed E-state index contributed by atoms with van der Waals surface area (Å²) in [5, 5.41) is 9.73. The van der Waals surface area contributed by atoms with Gasteiger partial charge in [0.2, 0.25) is 0 Å². The Bertz CT molecular complexity index is 858. The lowest BCUT2D eigenvalue weighted by Gasteiger charge is -2.15. The molecule has 1 N–H and O–H groups in total. The quantitative estimate of drug-likeness (QED) is 0.662. The van der Waals surface area contributed by atoms with E-state index in [1.165, 1.54) is 30.3 Å². The fraction of sp³-hybridized carbons (Fsp3) is 0.100. The van der Waals surface area contributed by atoms with Crippen LogP contribution >= 0.6 is 0 Å². The average molecular weight is 344 g/mol. The highest BCUT2D eigenvalue weighted by Crippen LogP contribution is 2.36. The van der Waals surface area contributed by atoms with Crippen LogP contribution < -0.4 is 4.74 Å². The van der Waals surface area contributed by atoms with Crippen molar-refractivity contribution < 1.29 is 23.0 Å². The third-order valence-corrected chi connectivity index (χ3v) is 3.75. The van der Waals surface area contributed by atoms with Gasteiger partial charge in [-0.3, -0.25) is 0 Å². The number of phenols is 1. The Morgan fingerprint density at radius 2 is 1.52 bits per heavy atom. The minimum absolute atomic E-state index is 0.0300. The molecule has 0 radical (unpaired) electrons. The van der Waals surface area contributed by atoms with Crippen molar-refractivity contribution in [1.29, 1.82) is 0 Å². The third-order valence-electron chi connectivity index (χ3n) is 3.75. The van der Waals surface area contributed by atoms with Crippen molar-refractivity contribution in [2.75, 3.05) is 0 Å². The van der Waals surface area contributed by atoms with Crippen LogP contribution in [0.2, 0.25) is 0 Å². The Morgan fingerprint density at radius 1 is 0.840 bits per heavy atom. The molecule has 0 heterocycles. The molecule has 2 nitrogen and oxygen atoms in total. The molecule has 5 heteroatoms. The van der Waals surface area contributed by atoms with Gasteiger partial charge in [0.25, 0.3) is 0 Å². The molecule has 0 aliphatic rings. The monoisotopic (exact) mass is 344 g/mol. The van der Waals surface area contributed by atoms with Gasteiger partial charge in [-0.15, -0.1) is 0 Å². The maximum atomic E-state index is 13.1. The minimum Gasteiger partial charge on any atom is -0.508 e. The van der Waals surface area contributed by atoms with Crippen molar-refractivity contribution in [3.8, 4) is 22.6 Å². The summed E-state index contributed by atoms with van der Waals surface area (Å²) in [5.74, 6) is -0.209. The molecule has 0 fully saturated rings. The lowest BCUT2D eigenvalue weighted by atomic mass is 10.00. The first kappa shape index (κ1) is 16.9. The highest BCUT2D eigenvalue weighted by atomic mass is 19.4. The highest BCUT2D eigenvalue weighted by molar-refractivity contribution is 5.68. The van der Waals surface area contributed by atoms with E-state index in [4.69, 9.17) is 4.74 Å². The van der Waals surface area contributed by atoms with E-state index in [2.05, 4.69) is 0 Å². The van der Waals surface area contributed by atoms with E-state index < -0.39 is 11.7 Å². The molecular weight excluding hydrogens is 329 g/mol. The molecule has 0 unspecified atom stereocenters. The van der Waals surface area contributed by atoms with Gasteiger partial charge < -0.3 is 9.84 Å². The number of benzene rings is 3. The maximum Gasteiger partial charge on any atom is 0.419 e. The van der Waals surface area contributed by atoms with E-state index >= 15 is 0 Å². The molecule has 0 atom stereocenters. The highest BCUT2D eigenvalue weighted by Gasteiger charge is 2.34. The third kappa shape index (κ3) is 3.94. The van der Waals surface area contributed by atoms with Crippen molar-refractivity contribution in [2.45, 2.75) is 12.8 Å². The van der Waals surface area contributed by atoms with Crippen LogP contribution in [0.15, 0.2) is 72.8 Å². The van der Waals surface area contributed by atoms with Crippen LogP contribution in [0.1, 0.15) is 11.1 Å². The van der Waals surface area contributed by atoms with E-state index in [-0.39, 0.29) is 18.1 Å². The summed E-state index contributed by atoms with van der Waals surface area (Å²) in [7, 11) is 0. The second-order valence-corrected chi connectivity index (χ2v) is 5.49.